The zero-order valence-electron chi connectivity index (χ0n) is 19.0. The lowest BCUT2D eigenvalue weighted by molar-refractivity contribution is -0.130. The lowest BCUT2D eigenvalue weighted by Crippen LogP contribution is -2.38. The summed E-state index contributed by atoms with van der Waals surface area (Å²) >= 11 is 0. The third kappa shape index (κ3) is 3.69. The first-order valence-electron chi connectivity index (χ1n) is 11.2. The van der Waals surface area contributed by atoms with E-state index in [0.717, 1.165) is 28.1 Å². The van der Waals surface area contributed by atoms with Crippen molar-refractivity contribution in [2.45, 2.75) is 37.6 Å². The lowest BCUT2D eigenvalue weighted by Gasteiger charge is -2.32. The molecule has 0 saturated carbocycles. The molecule has 1 amide bonds. The highest BCUT2D eigenvalue weighted by atomic mass is 32.2. The molecular formula is C25H25FN4O3S. The van der Waals surface area contributed by atoms with Gasteiger partial charge in [0, 0.05) is 48.4 Å². The molecule has 0 bridgehead atoms. The predicted molar refractivity (Wildman–Crippen MR) is 127 cm³/mol. The molecule has 9 heteroatoms. The van der Waals surface area contributed by atoms with E-state index in [-0.39, 0.29) is 22.4 Å². The van der Waals surface area contributed by atoms with E-state index in [0.29, 0.717) is 24.0 Å². The van der Waals surface area contributed by atoms with Gasteiger partial charge in [-0.2, -0.15) is 5.10 Å². The molecule has 1 aliphatic heterocycles. The molecule has 3 heterocycles. The fourth-order valence-corrected chi connectivity index (χ4v) is 6.15. The van der Waals surface area contributed by atoms with Crippen molar-refractivity contribution < 1.29 is 17.6 Å². The van der Waals surface area contributed by atoms with E-state index in [1.807, 2.05) is 16.5 Å². The van der Waals surface area contributed by atoms with Crippen molar-refractivity contribution in [3.8, 4) is 11.1 Å². The average Bonchev–Trinajstić information content (AvgIpc) is 3.40. The van der Waals surface area contributed by atoms with E-state index in [2.05, 4.69) is 5.10 Å². The van der Waals surface area contributed by atoms with E-state index in [9.17, 15) is 17.6 Å². The van der Waals surface area contributed by atoms with Crippen LogP contribution < -0.4 is 0 Å². The van der Waals surface area contributed by atoms with Gasteiger partial charge < -0.3 is 4.90 Å². The van der Waals surface area contributed by atoms with Crippen LogP contribution in [0.5, 0.6) is 0 Å². The molecule has 0 aliphatic carbocycles. The lowest BCUT2D eigenvalue weighted by atomic mass is 10.0. The number of fused-ring (bicyclic) bond motifs is 1. The molecule has 1 saturated heterocycles. The number of aromatic nitrogens is 3. The smallest absolute Gasteiger partial charge is 0.268 e. The summed E-state index contributed by atoms with van der Waals surface area (Å²) in [6.07, 6.45) is 4.90. The standard InChI is InChI=1S/C25H25FN4O3S/c1-17-23(15-27-30(17)20-10-12-28(13-11-20)18(2)31)24-16-29(25-14-19(26)8-9-22(24)25)34(32,33)21-6-4-3-5-7-21/h3-9,14-16,20H,10-13H2,1-2H3. The van der Waals surface area contributed by atoms with Gasteiger partial charge in [0.2, 0.25) is 5.91 Å². The Morgan fingerprint density at radius 1 is 1.06 bits per heavy atom. The predicted octanol–water partition coefficient (Wildman–Crippen LogP) is 4.37. The monoisotopic (exact) mass is 480 g/mol. The van der Waals surface area contributed by atoms with Crippen LogP contribution in [0.3, 0.4) is 0 Å². The molecule has 4 aromatic rings. The van der Waals surface area contributed by atoms with Gasteiger partial charge in [-0.1, -0.05) is 18.2 Å². The van der Waals surface area contributed by atoms with Crippen LogP contribution in [-0.2, 0) is 14.8 Å². The van der Waals surface area contributed by atoms with E-state index in [1.165, 1.54) is 24.3 Å². The Kier molecular flexibility index (Phi) is 5.51. The van der Waals surface area contributed by atoms with Crippen LogP contribution in [0, 0.1) is 12.7 Å². The van der Waals surface area contributed by atoms with Gasteiger partial charge in [-0.05, 0) is 50.1 Å². The molecule has 5 rings (SSSR count). The Balaban J connectivity index is 1.59. The molecule has 0 radical (unpaired) electrons. The highest BCUT2D eigenvalue weighted by Gasteiger charge is 2.27. The van der Waals surface area contributed by atoms with Gasteiger partial charge in [-0.25, -0.2) is 16.8 Å². The normalized spacial score (nSPS) is 15.2. The second-order valence-corrected chi connectivity index (χ2v) is 10.5. The van der Waals surface area contributed by atoms with Gasteiger partial charge in [0.15, 0.2) is 0 Å². The number of halogens is 1. The zero-order valence-corrected chi connectivity index (χ0v) is 19.8. The van der Waals surface area contributed by atoms with Gasteiger partial charge in [0.1, 0.15) is 5.82 Å². The summed E-state index contributed by atoms with van der Waals surface area (Å²) in [7, 11) is -3.92. The summed E-state index contributed by atoms with van der Waals surface area (Å²) in [6.45, 7) is 4.91. The molecule has 0 spiro atoms. The molecule has 176 valence electrons. The van der Waals surface area contributed by atoms with Gasteiger partial charge in [-0.15, -0.1) is 0 Å². The molecular weight excluding hydrogens is 455 g/mol. The van der Waals surface area contributed by atoms with Crippen LogP contribution >= 0.6 is 0 Å². The average molecular weight is 481 g/mol. The van der Waals surface area contributed by atoms with Crippen LogP contribution in [0.2, 0.25) is 0 Å². The molecule has 1 fully saturated rings. The molecule has 2 aromatic heterocycles. The molecule has 0 N–H and O–H groups in total. The van der Waals surface area contributed by atoms with Crippen LogP contribution in [-0.4, -0.2) is 46.1 Å². The maximum absolute atomic E-state index is 14.2. The number of hydrogen-bond acceptors (Lipinski definition) is 4. The number of carbonyl (C=O) groups is 1. The first-order chi connectivity index (χ1) is 16.3. The number of hydrogen-bond donors (Lipinski definition) is 0. The Morgan fingerprint density at radius 2 is 1.76 bits per heavy atom. The summed E-state index contributed by atoms with van der Waals surface area (Å²) in [4.78, 5) is 13.6. The third-order valence-electron chi connectivity index (χ3n) is 6.62. The maximum atomic E-state index is 14.2. The summed E-state index contributed by atoms with van der Waals surface area (Å²) in [6, 6.07) is 12.5. The zero-order chi connectivity index (χ0) is 24.0. The number of nitrogens with zero attached hydrogens (tertiary/aromatic N) is 4. The molecule has 0 atom stereocenters. The van der Waals surface area contributed by atoms with Gasteiger partial charge >= 0.3 is 0 Å². The van der Waals surface area contributed by atoms with Crippen molar-refractivity contribution in [1.29, 1.82) is 0 Å². The van der Waals surface area contributed by atoms with Crippen molar-refractivity contribution in [3.63, 3.8) is 0 Å². The van der Waals surface area contributed by atoms with Crippen LogP contribution in [0.25, 0.3) is 22.0 Å². The number of likely N-dealkylation sites (tertiary alicyclic amines) is 1. The minimum Gasteiger partial charge on any atom is -0.343 e. The quantitative estimate of drug-likeness (QED) is 0.435. The molecule has 2 aromatic carbocycles. The van der Waals surface area contributed by atoms with Gasteiger partial charge in [0.05, 0.1) is 22.7 Å². The van der Waals surface area contributed by atoms with E-state index in [4.69, 9.17) is 0 Å². The fourth-order valence-electron chi connectivity index (χ4n) is 4.77. The molecule has 34 heavy (non-hydrogen) atoms. The Bertz CT molecular complexity index is 1480. The van der Waals surface area contributed by atoms with E-state index < -0.39 is 15.8 Å². The fraction of sp³-hybridized carbons (Fsp3) is 0.280. The van der Waals surface area contributed by atoms with E-state index in [1.54, 1.807) is 43.6 Å². The number of piperidine rings is 1. The van der Waals surface area contributed by atoms with Crippen molar-refractivity contribution >= 4 is 26.8 Å². The third-order valence-corrected chi connectivity index (χ3v) is 8.31. The largest absolute Gasteiger partial charge is 0.343 e. The van der Waals surface area contributed by atoms with Crippen LogP contribution in [0.15, 0.2) is 65.8 Å². The first kappa shape index (κ1) is 22.3. The number of carbonyl (C=O) groups excluding carboxylic acids is 1. The van der Waals surface area contributed by atoms with Crippen molar-refractivity contribution in [1.82, 2.24) is 18.7 Å². The number of rotatable bonds is 4. The summed E-state index contributed by atoms with van der Waals surface area (Å²) in [5.41, 5.74) is 2.66. The number of amides is 1. The van der Waals surface area contributed by atoms with E-state index >= 15 is 0 Å². The van der Waals surface area contributed by atoms with Crippen molar-refractivity contribution in [2.24, 2.45) is 0 Å². The van der Waals surface area contributed by atoms with Crippen LogP contribution in [0.4, 0.5) is 4.39 Å². The highest BCUT2D eigenvalue weighted by molar-refractivity contribution is 7.90. The summed E-state index contributed by atoms with van der Waals surface area (Å²) in [5.74, 6) is -0.428. The SMILES string of the molecule is CC(=O)N1CCC(n2ncc(-c3cn(S(=O)(=O)c4ccccc4)c4cc(F)ccc34)c2C)CC1. The topological polar surface area (TPSA) is 77.2 Å². The minimum atomic E-state index is -3.92. The molecule has 0 unspecified atom stereocenters. The second-order valence-electron chi connectivity index (χ2n) is 8.64. The summed E-state index contributed by atoms with van der Waals surface area (Å²) in [5, 5.41) is 5.25. The minimum absolute atomic E-state index is 0.0796. The Labute approximate surface area is 197 Å². The van der Waals surface area contributed by atoms with Gasteiger partial charge in [0.25, 0.3) is 10.0 Å². The highest BCUT2D eigenvalue weighted by Crippen LogP contribution is 2.36. The Morgan fingerprint density at radius 3 is 2.44 bits per heavy atom. The number of benzene rings is 2. The summed E-state index contributed by atoms with van der Waals surface area (Å²) < 4.78 is 44.1. The molecule has 7 nitrogen and oxygen atoms in total. The Hall–Kier alpha value is -3.46. The maximum Gasteiger partial charge on any atom is 0.268 e. The second kappa shape index (κ2) is 8.39. The van der Waals surface area contributed by atoms with Crippen molar-refractivity contribution in [2.75, 3.05) is 13.1 Å². The van der Waals surface area contributed by atoms with Crippen molar-refractivity contribution in [3.05, 3.63) is 72.4 Å². The molecule has 1 aliphatic rings. The first-order valence-corrected chi connectivity index (χ1v) is 12.6. The van der Waals surface area contributed by atoms with Gasteiger partial charge in [-0.3, -0.25) is 9.48 Å². The van der Waals surface area contributed by atoms with Crippen LogP contribution in [0.1, 0.15) is 31.5 Å².